The maximum atomic E-state index is 12.8. The molecule has 0 unspecified atom stereocenters. The average molecular weight is 348 g/mol. The highest BCUT2D eigenvalue weighted by Crippen LogP contribution is 2.26. The number of hydrogen-bond donors (Lipinski definition) is 1. The number of carboxylic acids is 1. The number of fused-ring (bicyclic) bond motifs is 1. The second-order valence-corrected chi connectivity index (χ2v) is 7.90. The minimum atomic E-state index is -3.60. The van der Waals surface area contributed by atoms with Gasteiger partial charge in [0.2, 0.25) is 10.0 Å². The Labute approximate surface area is 141 Å². The van der Waals surface area contributed by atoms with Gasteiger partial charge in [-0.15, -0.1) is 0 Å². The van der Waals surface area contributed by atoms with Crippen LogP contribution in [0, 0.1) is 0 Å². The van der Waals surface area contributed by atoms with Gasteiger partial charge in [0.25, 0.3) is 0 Å². The van der Waals surface area contributed by atoms with Crippen molar-refractivity contribution in [1.29, 1.82) is 0 Å². The fourth-order valence-electron chi connectivity index (χ4n) is 3.03. The number of sulfonamides is 1. The van der Waals surface area contributed by atoms with Crippen molar-refractivity contribution in [1.82, 2.24) is 9.29 Å². The molecule has 0 radical (unpaired) electrons. The minimum absolute atomic E-state index is 0.0903. The van der Waals surface area contributed by atoms with Crippen molar-refractivity contribution < 1.29 is 18.3 Å². The van der Waals surface area contributed by atoms with Gasteiger partial charge in [-0.1, -0.05) is 13.3 Å². The van der Waals surface area contributed by atoms with E-state index in [2.05, 4.69) is 4.98 Å². The summed E-state index contributed by atoms with van der Waals surface area (Å²) >= 11 is 0. The maximum Gasteiger partial charge on any atom is 0.336 e. The number of aromatic nitrogens is 1. The lowest BCUT2D eigenvalue weighted by atomic mass is 10.1. The van der Waals surface area contributed by atoms with Crippen LogP contribution in [0.1, 0.15) is 42.2 Å². The summed E-state index contributed by atoms with van der Waals surface area (Å²) in [6.45, 7) is 2.92. The lowest BCUT2D eigenvalue weighted by Crippen LogP contribution is -2.35. The number of pyridine rings is 1. The molecule has 1 aromatic heterocycles. The fourth-order valence-corrected chi connectivity index (χ4v) is 4.58. The number of hydrogen-bond acceptors (Lipinski definition) is 4. The highest BCUT2D eigenvalue weighted by atomic mass is 32.2. The Morgan fingerprint density at radius 3 is 2.54 bits per heavy atom. The van der Waals surface area contributed by atoms with Crippen LogP contribution in [0.5, 0.6) is 0 Å². The van der Waals surface area contributed by atoms with E-state index in [4.69, 9.17) is 0 Å². The number of carboxylic acid groups (broad SMARTS) is 1. The van der Waals surface area contributed by atoms with Gasteiger partial charge in [-0.05, 0) is 43.5 Å². The van der Waals surface area contributed by atoms with Gasteiger partial charge in [-0.25, -0.2) is 13.2 Å². The molecule has 1 N–H and O–H groups in total. The van der Waals surface area contributed by atoms with Gasteiger partial charge in [-0.3, -0.25) is 4.98 Å². The summed E-state index contributed by atoms with van der Waals surface area (Å²) in [7, 11) is -3.60. The van der Waals surface area contributed by atoms with E-state index >= 15 is 0 Å². The highest BCUT2D eigenvalue weighted by Gasteiger charge is 2.26. The molecule has 0 spiro atoms. The predicted octanol–water partition coefficient (Wildman–Crippen LogP) is 2.67. The number of carbonyl (C=O) groups is 1. The number of aryl methyl sites for hydroxylation is 1. The maximum absolute atomic E-state index is 12.8. The normalized spacial score (nSPS) is 16.4. The summed E-state index contributed by atoms with van der Waals surface area (Å²) in [6, 6.07) is 6.07. The van der Waals surface area contributed by atoms with Crippen molar-refractivity contribution in [2.45, 2.75) is 37.5 Å². The lowest BCUT2D eigenvalue weighted by Gasteiger charge is -2.26. The molecule has 0 bridgehead atoms. The van der Waals surface area contributed by atoms with Gasteiger partial charge >= 0.3 is 5.97 Å². The first-order chi connectivity index (χ1) is 11.4. The van der Waals surface area contributed by atoms with Crippen LogP contribution in [-0.2, 0) is 16.4 Å². The largest absolute Gasteiger partial charge is 0.478 e. The van der Waals surface area contributed by atoms with Crippen molar-refractivity contribution >= 4 is 26.9 Å². The molecule has 0 amide bonds. The van der Waals surface area contributed by atoms with Crippen molar-refractivity contribution in [2.75, 3.05) is 13.1 Å². The van der Waals surface area contributed by atoms with Crippen LogP contribution in [0.2, 0.25) is 0 Å². The molecule has 0 saturated carbocycles. The zero-order valence-electron chi connectivity index (χ0n) is 13.5. The van der Waals surface area contributed by atoms with E-state index in [1.807, 2.05) is 6.92 Å². The summed E-state index contributed by atoms with van der Waals surface area (Å²) in [5.41, 5.74) is 1.27. The van der Waals surface area contributed by atoms with E-state index in [1.54, 1.807) is 6.07 Å². The molecule has 0 atom stereocenters. The second-order valence-electron chi connectivity index (χ2n) is 5.96. The fraction of sp³-hybridized carbons (Fsp3) is 0.412. The van der Waals surface area contributed by atoms with Crippen molar-refractivity contribution in [3.8, 4) is 0 Å². The minimum Gasteiger partial charge on any atom is -0.478 e. The van der Waals surface area contributed by atoms with E-state index in [0.29, 0.717) is 36.1 Å². The topological polar surface area (TPSA) is 87.6 Å². The van der Waals surface area contributed by atoms with Gasteiger partial charge in [0.05, 0.1) is 16.0 Å². The van der Waals surface area contributed by atoms with Crippen LogP contribution >= 0.6 is 0 Å². The average Bonchev–Trinajstić information content (AvgIpc) is 2.60. The third-order valence-corrected chi connectivity index (χ3v) is 6.27. The molecular weight excluding hydrogens is 328 g/mol. The summed E-state index contributed by atoms with van der Waals surface area (Å²) in [6.07, 6.45) is 3.36. The van der Waals surface area contributed by atoms with Crippen LogP contribution in [0.15, 0.2) is 29.2 Å². The van der Waals surface area contributed by atoms with E-state index in [9.17, 15) is 18.3 Å². The Hall–Kier alpha value is -1.99. The zero-order chi connectivity index (χ0) is 17.3. The number of benzene rings is 1. The smallest absolute Gasteiger partial charge is 0.336 e. The van der Waals surface area contributed by atoms with Gasteiger partial charge in [-0.2, -0.15) is 4.31 Å². The predicted molar refractivity (Wildman–Crippen MR) is 90.7 cm³/mol. The van der Waals surface area contributed by atoms with Gasteiger partial charge < -0.3 is 5.11 Å². The molecule has 3 rings (SSSR count). The Bertz CT molecular complexity index is 887. The molecule has 7 heteroatoms. The molecular formula is C17H20N2O4S. The van der Waals surface area contributed by atoms with Crippen molar-refractivity contribution in [2.24, 2.45) is 0 Å². The standard InChI is InChI=1S/C17H20N2O4S/c1-2-12-10-15(17(20)21)14-11-13(6-7-16(14)18-12)24(22,23)19-8-4-3-5-9-19/h6-7,10-11H,2-5,8-9H2,1H3,(H,20,21). The Morgan fingerprint density at radius 2 is 1.92 bits per heavy atom. The summed E-state index contributed by atoms with van der Waals surface area (Å²) in [5, 5.41) is 9.82. The number of rotatable bonds is 4. The second kappa shape index (κ2) is 6.49. The van der Waals surface area contributed by atoms with Crippen LogP contribution in [0.25, 0.3) is 10.9 Å². The molecule has 2 aromatic rings. The molecule has 1 aliphatic rings. The van der Waals surface area contributed by atoms with Crippen molar-refractivity contribution in [3.05, 3.63) is 35.5 Å². The van der Waals surface area contributed by atoms with E-state index in [1.165, 1.54) is 22.5 Å². The first-order valence-corrected chi connectivity index (χ1v) is 9.54. The summed E-state index contributed by atoms with van der Waals surface area (Å²) in [4.78, 5) is 16.1. The van der Waals surface area contributed by atoms with E-state index < -0.39 is 16.0 Å². The van der Waals surface area contributed by atoms with Crippen LogP contribution in [-0.4, -0.2) is 41.9 Å². The Kier molecular flexibility index (Phi) is 4.56. The number of nitrogens with zero attached hydrogens (tertiary/aromatic N) is 2. The molecule has 1 fully saturated rings. The molecule has 1 aliphatic heterocycles. The molecule has 0 aliphatic carbocycles. The number of aromatic carboxylic acids is 1. The summed E-state index contributed by atoms with van der Waals surface area (Å²) < 4.78 is 27.1. The highest BCUT2D eigenvalue weighted by molar-refractivity contribution is 7.89. The molecule has 128 valence electrons. The Morgan fingerprint density at radius 1 is 1.21 bits per heavy atom. The van der Waals surface area contributed by atoms with Gasteiger partial charge in [0, 0.05) is 24.2 Å². The SMILES string of the molecule is CCc1cc(C(=O)O)c2cc(S(=O)(=O)N3CCCCC3)ccc2n1. The molecule has 6 nitrogen and oxygen atoms in total. The Balaban J connectivity index is 2.14. The third-order valence-electron chi connectivity index (χ3n) is 4.38. The number of piperidine rings is 1. The molecule has 2 heterocycles. The zero-order valence-corrected chi connectivity index (χ0v) is 14.3. The van der Waals surface area contributed by atoms with Crippen molar-refractivity contribution in [3.63, 3.8) is 0 Å². The lowest BCUT2D eigenvalue weighted by molar-refractivity contribution is 0.0698. The molecule has 24 heavy (non-hydrogen) atoms. The third kappa shape index (κ3) is 3.01. The monoisotopic (exact) mass is 348 g/mol. The van der Waals surface area contributed by atoms with E-state index in [-0.39, 0.29) is 10.5 Å². The first kappa shape index (κ1) is 16.9. The molecule has 1 saturated heterocycles. The summed E-state index contributed by atoms with van der Waals surface area (Å²) in [5.74, 6) is -1.08. The van der Waals surface area contributed by atoms with Crippen LogP contribution in [0.4, 0.5) is 0 Å². The molecule has 1 aromatic carbocycles. The van der Waals surface area contributed by atoms with Gasteiger partial charge in [0.1, 0.15) is 0 Å². The van der Waals surface area contributed by atoms with Crippen LogP contribution in [0.3, 0.4) is 0 Å². The van der Waals surface area contributed by atoms with Crippen LogP contribution < -0.4 is 0 Å². The van der Waals surface area contributed by atoms with Gasteiger partial charge in [0.15, 0.2) is 0 Å². The quantitative estimate of drug-likeness (QED) is 0.918. The first-order valence-electron chi connectivity index (χ1n) is 8.10. The van der Waals surface area contributed by atoms with E-state index in [0.717, 1.165) is 19.3 Å².